The van der Waals surface area contributed by atoms with Gasteiger partial charge in [0.15, 0.2) is 5.76 Å². The Kier molecular flexibility index (Phi) is 3.47. The van der Waals surface area contributed by atoms with Crippen LogP contribution in [0.3, 0.4) is 0 Å². The summed E-state index contributed by atoms with van der Waals surface area (Å²) in [6, 6.07) is 6.19. The third kappa shape index (κ3) is 2.30. The molecule has 1 fully saturated rings. The van der Waals surface area contributed by atoms with E-state index in [2.05, 4.69) is 10.5 Å². The highest BCUT2D eigenvalue weighted by molar-refractivity contribution is 5.99. The second-order valence-electron chi connectivity index (χ2n) is 4.59. The predicted molar refractivity (Wildman–Crippen MR) is 70.7 cm³/mol. The first-order chi connectivity index (χ1) is 9.77. The van der Waals surface area contributed by atoms with E-state index in [4.69, 9.17) is 4.52 Å². The van der Waals surface area contributed by atoms with E-state index in [1.54, 1.807) is 23.1 Å². The van der Waals surface area contributed by atoms with Crippen LogP contribution in [0.25, 0.3) is 11.3 Å². The lowest BCUT2D eigenvalue weighted by Crippen LogP contribution is -2.46. The van der Waals surface area contributed by atoms with E-state index in [9.17, 15) is 9.18 Å². The summed E-state index contributed by atoms with van der Waals surface area (Å²) in [6.45, 7) is 2.76. The number of carbonyl (C=O) groups is 1. The topological polar surface area (TPSA) is 58.4 Å². The molecular formula is C14H14FN3O2. The molecule has 6 heteroatoms. The van der Waals surface area contributed by atoms with E-state index in [1.807, 2.05) is 0 Å². The fourth-order valence-corrected chi connectivity index (χ4v) is 2.27. The number of carbonyl (C=O) groups excluding carboxylic acids is 1. The molecule has 1 saturated heterocycles. The third-order valence-corrected chi connectivity index (χ3v) is 3.32. The Morgan fingerprint density at radius 3 is 2.80 bits per heavy atom. The summed E-state index contributed by atoms with van der Waals surface area (Å²) < 4.78 is 18.9. The van der Waals surface area contributed by atoms with Crippen molar-refractivity contribution in [3.63, 3.8) is 0 Å². The van der Waals surface area contributed by atoms with Gasteiger partial charge < -0.3 is 14.7 Å². The van der Waals surface area contributed by atoms with Gasteiger partial charge in [-0.25, -0.2) is 4.39 Å². The van der Waals surface area contributed by atoms with Gasteiger partial charge in [0.25, 0.3) is 5.91 Å². The average molecular weight is 275 g/mol. The molecule has 0 aliphatic carbocycles. The first-order valence-electron chi connectivity index (χ1n) is 6.47. The molecule has 1 aliphatic heterocycles. The normalized spacial score (nSPS) is 15.3. The van der Waals surface area contributed by atoms with Gasteiger partial charge in [-0.2, -0.15) is 0 Å². The highest BCUT2D eigenvalue weighted by Crippen LogP contribution is 2.27. The molecule has 1 aromatic heterocycles. The molecule has 1 aromatic carbocycles. The Hall–Kier alpha value is -2.21. The van der Waals surface area contributed by atoms with Gasteiger partial charge in [-0.3, -0.25) is 4.79 Å². The van der Waals surface area contributed by atoms with Crippen LogP contribution in [-0.4, -0.2) is 42.1 Å². The summed E-state index contributed by atoms with van der Waals surface area (Å²) in [5.74, 6) is -0.420. The molecule has 0 bridgehead atoms. The van der Waals surface area contributed by atoms with Crippen molar-refractivity contribution in [1.29, 1.82) is 0 Å². The zero-order chi connectivity index (χ0) is 13.9. The molecule has 0 saturated carbocycles. The van der Waals surface area contributed by atoms with Crippen LogP contribution in [0.15, 0.2) is 35.0 Å². The van der Waals surface area contributed by atoms with Crippen LogP contribution in [0.2, 0.25) is 0 Å². The lowest BCUT2D eigenvalue weighted by Gasteiger charge is -2.27. The molecule has 5 nitrogen and oxygen atoms in total. The van der Waals surface area contributed by atoms with Gasteiger partial charge in [0.1, 0.15) is 11.4 Å². The van der Waals surface area contributed by atoms with Crippen molar-refractivity contribution >= 4 is 5.91 Å². The predicted octanol–water partition coefficient (Wildman–Crippen LogP) is 1.53. The summed E-state index contributed by atoms with van der Waals surface area (Å²) in [6.07, 6.45) is 1.35. The number of hydrogen-bond acceptors (Lipinski definition) is 4. The highest BCUT2D eigenvalue weighted by atomic mass is 19.1. The van der Waals surface area contributed by atoms with Crippen molar-refractivity contribution in [3.8, 4) is 11.3 Å². The summed E-state index contributed by atoms with van der Waals surface area (Å²) >= 11 is 0. The minimum Gasteiger partial charge on any atom is -0.355 e. The Bertz CT molecular complexity index is 620. The van der Waals surface area contributed by atoms with Gasteiger partial charge in [0.2, 0.25) is 0 Å². The maximum atomic E-state index is 13.8. The Morgan fingerprint density at radius 1 is 1.30 bits per heavy atom. The number of benzene rings is 1. The zero-order valence-corrected chi connectivity index (χ0v) is 10.8. The first kappa shape index (κ1) is 12.8. The zero-order valence-electron chi connectivity index (χ0n) is 10.8. The third-order valence-electron chi connectivity index (χ3n) is 3.32. The van der Waals surface area contributed by atoms with Gasteiger partial charge >= 0.3 is 0 Å². The number of nitrogens with one attached hydrogen (secondary N) is 1. The number of aromatic nitrogens is 1. The summed E-state index contributed by atoms with van der Waals surface area (Å²) in [5, 5.41) is 6.83. The van der Waals surface area contributed by atoms with E-state index in [0.29, 0.717) is 18.7 Å². The van der Waals surface area contributed by atoms with Crippen LogP contribution in [0.5, 0.6) is 0 Å². The van der Waals surface area contributed by atoms with Crippen LogP contribution >= 0.6 is 0 Å². The molecule has 0 radical (unpaired) electrons. The van der Waals surface area contributed by atoms with Crippen molar-refractivity contribution < 1.29 is 13.7 Å². The molecule has 20 heavy (non-hydrogen) atoms. The van der Waals surface area contributed by atoms with E-state index >= 15 is 0 Å². The number of rotatable bonds is 2. The second-order valence-corrected chi connectivity index (χ2v) is 4.59. The Morgan fingerprint density at radius 2 is 2.05 bits per heavy atom. The van der Waals surface area contributed by atoms with Crippen molar-refractivity contribution in [2.24, 2.45) is 0 Å². The molecule has 1 amide bonds. The molecule has 2 heterocycles. The Labute approximate surface area is 115 Å². The SMILES string of the molecule is O=C(c1cnoc1-c1ccccc1F)N1CCNCC1. The maximum absolute atomic E-state index is 13.8. The number of halogens is 1. The summed E-state index contributed by atoms with van der Waals surface area (Å²) in [5.41, 5.74) is 0.556. The van der Waals surface area contributed by atoms with Crippen LogP contribution in [0.4, 0.5) is 4.39 Å². The van der Waals surface area contributed by atoms with E-state index < -0.39 is 5.82 Å². The van der Waals surface area contributed by atoms with Crippen molar-refractivity contribution in [2.45, 2.75) is 0 Å². The van der Waals surface area contributed by atoms with E-state index in [-0.39, 0.29) is 17.2 Å². The van der Waals surface area contributed by atoms with Crippen LogP contribution in [0, 0.1) is 5.82 Å². The summed E-state index contributed by atoms with van der Waals surface area (Å²) in [4.78, 5) is 14.2. The largest absolute Gasteiger partial charge is 0.355 e. The molecular weight excluding hydrogens is 261 g/mol. The quantitative estimate of drug-likeness (QED) is 0.903. The smallest absolute Gasteiger partial charge is 0.259 e. The molecule has 104 valence electrons. The minimum absolute atomic E-state index is 0.175. The number of nitrogens with zero attached hydrogens (tertiary/aromatic N) is 2. The lowest BCUT2D eigenvalue weighted by atomic mass is 10.1. The average Bonchev–Trinajstić information content (AvgIpc) is 2.97. The highest BCUT2D eigenvalue weighted by Gasteiger charge is 2.25. The van der Waals surface area contributed by atoms with Gasteiger partial charge in [-0.15, -0.1) is 0 Å². The van der Waals surface area contributed by atoms with Gasteiger partial charge in [-0.05, 0) is 12.1 Å². The van der Waals surface area contributed by atoms with E-state index in [0.717, 1.165) is 13.1 Å². The standard InChI is InChI=1S/C14H14FN3O2/c15-12-4-2-1-3-10(12)13-11(9-17-20-13)14(19)18-7-5-16-6-8-18/h1-4,9,16H,5-8H2. The number of amides is 1. The summed E-state index contributed by atoms with van der Waals surface area (Å²) in [7, 11) is 0. The van der Waals surface area contributed by atoms with Crippen LogP contribution in [0.1, 0.15) is 10.4 Å². The molecule has 2 aromatic rings. The monoisotopic (exact) mass is 275 g/mol. The van der Waals surface area contributed by atoms with Gasteiger partial charge in [0, 0.05) is 26.2 Å². The number of hydrogen-bond donors (Lipinski definition) is 1. The minimum atomic E-state index is -0.432. The number of piperazine rings is 1. The second kappa shape index (κ2) is 5.42. The molecule has 1 aliphatic rings. The van der Waals surface area contributed by atoms with Gasteiger partial charge in [-0.1, -0.05) is 17.3 Å². The van der Waals surface area contributed by atoms with Crippen molar-refractivity contribution in [1.82, 2.24) is 15.4 Å². The molecule has 0 unspecified atom stereocenters. The van der Waals surface area contributed by atoms with Gasteiger partial charge in [0.05, 0.1) is 11.8 Å². The fourth-order valence-electron chi connectivity index (χ4n) is 2.27. The Balaban J connectivity index is 1.94. The fraction of sp³-hybridized carbons (Fsp3) is 0.286. The van der Waals surface area contributed by atoms with Crippen molar-refractivity contribution in [3.05, 3.63) is 41.8 Å². The maximum Gasteiger partial charge on any atom is 0.259 e. The van der Waals surface area contributed by atoms with Crippen LogP contribution < -0.4 is 5.32 Å². The molecule has 0 spiro atoms. The van der Waals surface area contributed by atoms with Crippen molar-refractivity contribution in [2.75, 3.05) is 26.2 Å². The van der Waals surface area contributed by atoms with E-state index in [1.165, 1.54) is 12.3 Å². The molecule has 3 rings (SSSR count). The molecule has 0 atom stereocenters. The first-order valence-corrected chi connectivity index (χ1v) is 6.47. The lowest BCUT2D eigenvalue weighted by molar-refractivity contribution is 0.0736. The van der Waals surface area contributed by atoms with Crippen LogP contribution in [-0.2, 0) is 0 Å². The molecule has 1 N–H and O–H groups in total.